The van der Waals surface area contributed by atoms with Gasteiger partial charge in [0, 0.05) is 45.3 Å². The van der Waals surface area contributed by atoms with Crippen molar-refractivity contribution in [2.75, 3.05) is 9.80 Å². The molecule has 0 bridgehead atoms. The highest BCUT2D eigenvalue weighted by Crippen LogP contribution is 2.40. The molecule has 8 aromatic rings. The normalized spacial score (nSPS) is 11.0. The number of hydrogen-bond donors (Lipinski definition) is 0. The second-order valence-electron chi connectivity index (χ2n) is 12.2. The van der Waals surface area contributed by atoms with Gasteiger partial charge in [0.15, 0.2) is 12.6 Å². The summed E-state index contributed by atoms with van der Waals surface area (Å²) in [6, 6.07) is 61.6. The lowest BCUT2D eigenvalue weighted by Crippen LogP contribution is -2.10. The van der Waals surface area contributed by atoms with E-state index in [9.17, 15) is 9.59 Å². The summed E-state index contributed by atoms with van der Waals surface area (Å²) in [6.07, 6.45) is 1.86. The Balaban J connectivity index is 1.15. The third kappa shape index (κ3) is 5.80. The maximum atomic E-state index is 12.1. The van der Waals surface area contributed by atoms with Gasteiger partial charge in [0.05, 0.1) is 0 Å². The minimum Gasteiger partial charge on any atom is -0.310 e. The average molecular weight is 645 g/mol. The van der Waals surface area contributed by atoms with Crippen LogP contribution in [0, 0.1) is 0 Å². The molecule has 0 spiro atoms. The smallest absolute Gasteiger partial charge is 0.150 e. The van der Waals surface area contributed by atoms with Crippen molar-refractivity contribution < 1.29 is 9.59 Å². The number of carbonyl (C=O) groups is 2. The Morgan fingerprint density at radius 2 is 0.660 bits per heavy atom. The fourth-order valence-electron chi connectivity index (χ4n) is 6.76. The van der Waals surface area contributed by atoms with E-state index in [1.54, 1.807) is 0 Å². The summed E-state index contributed by atoms with van der Waals surface area (Å²) >= 11 is 0. The van der Waals surface area contributed by atoms with Gasteiger partial charge in [0.1, 0.15) is 0 Å². The van der Waals surface area contributed by atoms with Crippen LogP contribution in [0.1, 0.15) is 20.7 Å². The summed E-state index contributed by atoms with van der Waals surface area (Å²) in [4.78, 5) is 28.6. The average Bonchev–Trinajstić information content (AvgIpc) is 3.19. The molecule has 0 aliphatic carbocycles. The summed E-state index contributed by atoms with van der Waals surface area (Å²) < 4.78 is 0. The molecule has 0 aliphatic heterocycles. The lowest BCUT2D eigenvalue weighted by Gasteiger charge is -2.27. The van der Waals surface area contributed by atoms with Gasteiger partial charge in [-0.1, -0.05) is 109 Å². The van der Waals surface area contributed by atoms with Crippen LogP contribution in [-0.2, 0) is 0 Å². The maximum absolute atomic E-state index is 12.1. The molecule has 0 radical (unpaired) electrons. The minimum absolute atomic E-state index is 0.659. The summed E-state index contributed by atoms with van der Waals surface area (Å²) in [7, 11) is 0. The molecule has 0 heterocycles. The Kier molecular flexibility index (Phi) is 8.17. The Labute approximate surface area is 291 Å². The van der Waals surface area contributed by atoms with Crippen LogP contribution in [0.4, 0.5) is 34.1 Å². The summed E-state index contributed by atoms with van der Waals surface area (Å²) in [6.45, 7) is 0. The quantitative estimate of drug-likeness (QED) is 0.147. The number of rotatable bonds is 9. The van der Waals surface area contributed by atoms with E-state index in [0.29, 0.717) is 11.1 Å². The van der Waals surface area contributed by atoms with E-state index in [2.05, 4.69) is 94.7 Å². The van der Waals surface area contributed by atoms with E-state index >= 15 is 0 Å². The van der Waals surface area contributed by atoms with Crippen LogP contribution in [0.25, 0.3) is 32.7 Å². The molecule has 0 aromatic heterocycles. The van der Waals surface area contributed by atoms with Gasteiger partial charge >= 0.3 is 0 Å². The Morgan fingerprint density at radius 3 is 1.04 bits per heavy atom. The van der Waals surface area contributed by atoms with Crippen molar-refractivity contribution in [3.05, 3.63) is 193 Å². The van der Waals surface area contributed by atoms with E-state index in [4.69, 9.17) is 0 Å². The molecule has 8 aromatic carbocycles. The number of nitrogens with zero attached hydrogens (tertiary/aromatic N) is 2. The highest BCUT2D eigenvalue weighted by atomic mass is 16.1. The van der Waals surface area contributed by atoms with Gasteiger partial charge in [-0.05, 0) is 105 Å². The third-order valence-electron chi connectivity index (χ3n) is 9.14. The van der Waals surface area contributed by atoms with E-state index < -0.39 is 0 Å². The SMILES string of the molecule is O=Cc1cc(N(c2ccccc2)c2ccc(-c3ccc(N(c4ccccc4)c4cc(C=O)c5ccccc5c4)cc3)cc2)cc2ccccc12. The van der Waals surface area contributed by atoms with E-state index in [-0.39, 0.29) is 0 Å². The van der Waals surface area contributed by atoms with Crippen LogP contribution >= 0.6 is 0 Å². The predicted octanol–water partition coefficient (Wildman–Crippen LogP) is 12.2. The minimum atomic E-state index is 0.659. The standard InChI is InChI=1S/C46H32N2O2/c49-31-37-29-43(27-35-11-7-9-17-45(35)37)47(39-13-3-1-4-14-39)41-23-19-33(20-24-41)34-21-25-42(26-22-34)48(40-15-5-2-6-16-40)44-28-36-12-8-10-18-46(36)38(30-44)32-50/h1-32H. The molecule has 4 nitrogen and oxygen atoms in total. The molecule has 50 heavy (non-hydrogen) atoms. The van der Waals surface area contributed by atoms with E-state index in [1.165, 1.54) is 0 Å². The molecule has 0 saturated heterocycles. The molecule has 0 atom stereocenters. The number of anilines is 6. The molecule has 0 fully saturated rings. The molecule has 238 valence electrons. The molecule has 4 heteroatoms. The van der Waals surface area contributed by atoms with Gasteiger partial charge in [0.2, 0.25) is 0 Å². The predicted molar refractivity (Wildman–Crippen MR) is 207 cm³/mol. The van der Waals surface area contributed by atoms with Crippen LogP contribution in [0.5, 0.6) is 0 Å². The first-order valence-corrected chi connectivity index (χ1v) is 16.6. The zero-order valence-electron chi connectivity index (χ0n) is 27.2. The third-order valence-corrected chi connectivity index (χ3v) is 9.14. The first-order valence-electron chi connectivity index (χ1n) is 16.6. The summed E-state index contributed by atoms with van der Waals surface area (Å²) in [5.41, 5.74) is 9.30. The summed E-state index contributed by atoms with van der Waals surface area (Å²) in [5, 5.41) is 3.91. The molecule has 0 saturated carbocycles. The fraction of sp³-hybridized carbons (Fsp3) is 0. The number of aldehydes is 2. The van der Waals surface area contributed by atoms with Crippen molar-refractivity contribution in [1.29, 1.82) is 0 Å². The van der Waals surface area contributed by atoms with Crippen LogP contribution in [0.15, 0.2) is 182 Å². The van der Waals surface area contributed by atoms with Gasteiger partial charge in [-0.15, -0.1) is 0 Å². The maximum Gasteiger partial charge on any atom is 0.150 e. The number of carbonyl (C=O) groups excluding carboxylic acids is 2. The van der Waals surface area contributed by atoms with E-state index in [0.717, 1.165) is 79.4 Å². The molecule has 0 N–H and O–H groups in total. The molecular weight excluding hydrogens is 613 g/mol. The van der Waals surface area contributed by atoms with Gasteiger partial charge in [-0.3, -0.25) is 9.59 Å². The zero-order valence-corrected chi connectivity index (χ0v) is 27.2. The number of hydrogen-bond acceptors (Lipinski definition) is 4. The highest BCUT2D eigenvalue weighted by Gasteiger charge is 2.17. The van der Waals surface area contributed by atoms with Crippen molar-refractivity contribution >= 4 is 68.2 Å². The largest absolute Gasteiger partial charge is 0.310 e. The number of para-hydroxylation sites is 2. The molecular formula is C46H32N2O2. The first-order chi connectivity index (χ1) is 24.7. The van der Waals surface area contributed by atoms with Gasteiger partial charge in [0.25, 0.3) is 0 Å². The fourth-order valence-corrected chi connectivity index (χ4v) is 6.76. The summed E-state index contributed by atoms with van der Waals surface area (Å²) in [5.74, 6) is 0. The number of fused-ring (bicyclic) bond motifs is 2. The van der Waals surface area contributed by atoms with Crippen LogP contribution < -0.4 is 9.80 Å². The second-order valence-corrected chi connectivity index (χ2v) is 12.2. The van der Waals surface area contributed by atoms with Crippen molar-refractivity contribution in [1.82, 2.24) is 0 Å². The highest BCUT2D eigenvalue weighted by molar-refractivity contribution is 6.02. The Hall–Kier alpha value is -6.78. The lowest BCUT2D eigenvalue weighted by molar-refractivity contribution is 0.111. The molecule has 0 unspecified atom stereocenters. The van der Waals surface area contributed by atoms with Gasteiger partial charge in [-0.2, -0.15) is 0 Å². The topological polar surface area (TPSA) is 40.6 Å². The monoisotopic (exact) mass is 644 g/mol. The van der Waals surface area contributed by atoms with Crippen molar-refractivity contribution in [2.45, 2.75) is 0 Å². The van der Waals surface area contributed by atoms with Crippen LogP contribution in [0.2, 0.25) is 0 Å². The number of benzene rings is 8. The molecule has 0 aliphatic rings. The molecule has 0 amide bonds. The van der Waals surface area contributed by atoms with Gasteiger partial charge < -0.3 is 9.80 Å². The molecule has 8 rings (SSSR count). The van der Waals surface area contributed by atoms with Crippen molar-refractivity contribution in [3.8, 4) is 11.1 Å². The van der Waals surface area contributed by atoms with E-state index in [1.807, 2.05) is 97.1 Å². The zero-order chi connectivity index (χ0) is 33.9. The van der Waals surface area contributed by atoms with Gasteiger partial charge in [-0.25, -0.2) is 0 Å². The Bertz CT molecular complexity index is 2280. The van der Waals surface area contributed by atoms with Crippen molar-refractivity contribution in [2.24, 2.45) is 0 Å². The lowest BCUT2D eigenvalue weighted by atomic mass is 10.0. The van der Waals surface area contributed by atoms with Crippen LogP contribution in [-0.4, -0.2) is 12.6 Å². The van der Waals surface area contributed by atoms with Crippen LogP contribution in [0.3, 0.4) is 0 Å². The van der Waals surface area contributed by atoms with Crippen molar-refractivity contribution in [3.63, 3.8) is 0 Å². The first kappa shape index (κ1) is 30.5. The second kappa shape index (κ2) is 13.4. The Morgan fingerprint density at radius 1 is 0.320 bits per heavy atom.